The molecule has 0 aliphatic carbocycles. The summed E-state index contributed by atoms with van der Waals surface area (Å²) in [5, 5.41) is 3.67. The highest BCUT2D eigenvalue weighted by molar-refractivity contribution is 6.06. The van der Waals surface area contributed by atoms with Gasteiger partial charge in [-0.05, 0) is 44.2 Å². The van der Waals surface area contributed by atoms with Crippen LogP contribution in [0.15, 0.2) is 40.8 Å². The van der Waals surface area contributed by atoms with Gasteiger partial charge < -0.3 is 14.5 Å². The highest BCUT2D eigenvalue weighted by Gasteiger charge is 2.26. The Morgan fingerprint density at radius 1 is 1.21 bits per heavy atom. The summed E-state index contributed by atoms with van der Waals surface area (Å²) in [5.74, 6) is 1.07. The topological polar surface area (TPSA) is 67.6 Å². The highest BCUT2D eigenvalue weighted by Crippen LogP contribution is 2.24. The normalized spacial score (nSPS) is 16.1. The van der Waals surface area contributed by atoms with E-state index in [9.17, 15) is 9.18 Å². The maximum Gasteiger partial charge on any atom is 0.252 e. The molecule has 4 rings (SSSR count). The molecule has 7 heteroatoms. The lowest BCUT2D eigenvalue weighted by molar-refractivity contribution is 0.0117. The molecular weight excluding hydrogens is 373 g/mol. The van der Waals surface area contributed by atoms with Gasteiger partial charge in [0.1, 0.15) is 17.3 Å². The van der Waals surface area contributed by atoms with Crippen molar-refractivity contribution in [2.75, 3.05) is 32.8 Å². The van der Waals surface area contributed by atoms with Gasteiger partial charge in [-0.1, -0.05) is 0 Å². The molecule has 6 nitrogen and oxygen atoms in total. The minimum Gasteiger partial charge on any atom is -0.465 e. The lowest BCUT2D eigenvalue weighted by Crippen LogP contribution is -2.43. The molecule has 29 heavy (non-hydrogen) atoms. The monoisotopic (exact) mass is 397 g/mol. The van der Waals surface area contributed by atoms with E-state index in [1.54, 1.807) is 19.1 Å². The second-order valence-corrected chi connectivity index (χ2v) is 7.30. The van der Waals surface area contributed by atoms with Gasteiger partial charge in [0.2, 0.25) is 0 Å². The summed E-state index contributed by atoms with van der Waals surface area (Å²) in [6.45, 7) is 6.96. The molecule has 1 fully saturated rings. The number of benzene rings is 1. The number of hydrogen-bond donors (Lipinski definition) is 1. The third-order valence-electron chi connectivity index (χ3n) is 5.18. The number of hydrogen-bond acceptors (Lipinski definition) is 5. The molecule has 3 aromatic rings. The number of morpholine rings is 1. The Morgan fingerprint density at radius 3 is 2.72 bits per heavy atom. The number of pyridine rings is 1. The Hall–Kier alpha value is -2.77. The molecule has 1 N–H and O–H groups in total. The molecule has 0 saturated carbocycles. The first-order chi connectivity index (χ1) is 14.0. The average Bonchev–Trinajstić information content (AvgIpc) is 3.13. The van der Waals surface area contributed by atoms with Crippen molar-refractivity contribution >= 4 is 16.8 Å². The van der Waals surface area contributed by atoms with Gasteiger partial charge in [-0.3, -0.25) is 14.7 Å². The van der Waals surface area contributed by atoms with Crippen LogP contribution in [-0.2, 0) is 4.74 Å². The van der Waals surface area contributed by atoms with Crippen LogP contribution >= 0.6 is 0 Å². The van der Waals surface area contributed by atoms with E-state index in [-0.39, 0.29) is 17.8 Å². The third-order valence-corrected chi connectivity index (χ3v) is 5.18. The van der Waals surface area contributed by atoms with Crippen molar-refractivity contribution in [1.29, 1.82) is 0 Å². The first-order valence-corrected chi connectivity index (χ1v) is 9.74. The summed E-state index contributed by atoms with van der Waals surface area (Å²) in [5.41, 5.74) is 1.63. The number of amides is 1. The molecule has 3 heterocycles. The number of carbonyl (C=O) groups is 1. The maximum absolute atomic E-state index is 13.6. The second-order valence-electron chi connectivity index (χ2n) is 7.30. The van der Waals surface area contributed by atoms with Crippen molar-refractivity contribution < 1.29 is 18.3 Å². The number of aryl methyl sites for hydroxylation is 2. The number of furan rings is 1. The molecule has 1 atom stereocenters. The second kappa shape index (κ2) is 8.31. The Bertz CT molecular complexity index is 1020. The number of nitrogens with one attached hydrogen (secondary N) is 1. The van der Waals surface area contributed by atoms with Gasteiger partial charge >= 0.3 is 0 Å². The predicted octanol–water partition coefficient (Wildman–Crippen LogP) is 3.39. The van der Waals surface area contributed by atoms with Crippen LogP contribution in [0, 0.1) is 19.7 Å². The van der Waals surface area contributed by atoms with Crippen LogP contribution in [0.5, 0.6) is 0 Å². The zero-order valence-corrected chi connectivity index (χ0v) is 16.6. The van der Waals surface area contributed by atoms with Gasteiger partial charge in [-0.25, -0.2) is 4.39 Å². The lowest BCUT2D eigenvalue weighted by Gasteiger charge is -2.33. The molecule has 0 unspecified atom stereocenters. The van der Waals surface area contributed by atoms with Crippen molar-refractivity contribution in [2.24, 2.45) is 0 Å². The molecule has 1 amide bonds. The van der Waals surface area contributed by atoms with E-state index in [4.69, 9.17) is 9.15 Å². The van der Waals surface area contributed by atoms with Gasteiger partial charge in [-0.15, -0.1) is 0 Å². The lowest BCUT2D eigenvalue weighted by atomic mass is 10.1. The van der Waals surface area contributed by atoms with Gasteiger partial charge in [0, 0.05) is 36.8 Å². The summed E-state index contributed by atoms with van der Waals surface area (Å²) in [6, 6.07) is 9.83. The van der Waals surface area contributed by atoms with Gasteiger partial charge in [-0.2, -0.15) is 0 Å². The quantitative estimate of drug-likeness (QED) is 0.715. The number of nitrogens with zero attached hydrogens (tertiary/aromatic N) is 2. The summed E-state index contributed by atoms with van der Waals surface area (Å²) in [4.78, 5) is 19.6. The average molecular weight is 397 g/mol. The first kappa shape index (κ1) is 19.5. The molecule has 1 aliphatic heterocycles. The molecule has 1 aliphatic rings. The summed E-state index contributed by atoms with van der Waals surface area (Å²) >= 11 is 0. The molecule has 1 aromatic carbocycles. The van der Waals surface area contributed by atoms with Gasteiger partial charge in [0.05, 0.1) is 30.3 Å². The number of rotatable bonds is 5. The van der Waals surface area contributed by atoms with E-state index in [0.717, 1.165) is 24.6 Å². The van der Waals surface area contributed by atoms with Crippen LogP contribution in [0.4, 0.5) is 4.39 Å². The first-order valence-electron chi connectivity index (χ1n) is 9.74. The van der Waals surface area contributed by atoms with E-state index in [1.165, 1.54) is 12.1 Å². The fraction of sp³-hybridized carbons (Fsp3) is 0.364. The number of ether oxygens (including phenoxy) is 1. The SMILES string of the molecule is Cc1cc(C(=O)NC[C@H](c2ccc(C)o2)N2CCOCC2)c2ccc(F)cc2n1. The van der Waals surface area contributed by atoms with E-state index >= 15 is 0 Å². The van der Waals surface area contributed by atoms with Crippen molar-refractivity contribution in [1.82, 2.24) is 15.2 Å². The van der Waals surface area contributed by atoms with Crippen LogP contribution in [0.2, 0.25) is 0 Å². The number of aromatic nitrogens is 1. The number of carbonyl (C=O) groups excluding carboxylic acids is 1. The van der Waals surface area contributed by atoms with Crippen LogP contribution in [-0.4, -0.2) is 48.6 Å². The molecule has 0 bridgehead atoms. The smallest absolute Gasteiger partial charge is 0.252 e. The highest BCUT2D eigenvalue weighted by atomic mass is 19.1. The largest absolute Gasteiger partial charge is 0.465 e. The molecule has 0 spiro atoms. The van der Waals surface area contributed by atoms with E-state index in [2.05, 4.69) is 15.2 Å². The fourth-order valence-corrected chi connectivity index (χ4v) is 3.74. The Balaban J connectivity index is 1.57. The number of halogens is 1. The molecule has 152 valence electrons. The minimum atomic E-state index is -0.373. The summed E-state index contributed by atoms with van der Waals surface area (Å²) in [6.07, 6.45) is 0. The maximum atomic E-state index is 13.6. The van der Waals surface area contributed by atoms with Crippen molar-refractivity contribution in [3.8, 4) is 0 Å². The fourth-order valence-electron chi connectivity index (χ4n) is 3.74. The van der Waals surface area contributed by atoms with Crippen LogP contribution in [0.25, 0.3) is 10.9 Å². The van der Waals surface area contributed by atoms with E-state index in [0.29, 0.717) is 41.9 Å². The zero-order chi connectivity index (χ0) is 20.4. The molecule has 0 radical (unpaired) electrons. The van der Waals surface area contributed by atoms with Crippen LogP contribution in [0.3, 0.4) is 0 Å². The van der Waals surface area contributed by atoms with Gasteiger partial charge in [0.25, 0.3) is 5.91 Å². The zero-order valence-electron chi connectivity index (χ0n) is 16.6. The van der Waals surface area contributed by atoms with Crippen molar-refractivity contribution in [3.05, 3.63) is 65.0 Å². The minimum absolute atomic E-state index is 0.0804. The summed E-state index contributed by atoms with van der Waals surface area (Å²) in [7, 11) is 0. The van der Waals surface area contributed by atoms with Crippen LogP contribution < -0.4 is 5.32 Å². The van der Waals surface area contributed by atoms with E-state index in [1.807, 2.05) is 19.1 Å². The predicted molar refractivity (Wildman–Crippen MR) is 107 cm³/mol. The molecule has 2 aromatic heterocycles. The van der Waals surface area contributed by atoms with E-state index < -0.39 is 0 Å². The molecular formula is C22H24FN3O3. The van der Waals surface area contributed by atoms with Gasteiger partial charge in [0.15, 0.2) is 0 Å². The Kier molecular flexibility index (Phi) is 5.60. The third kappa shape index (κ3) is 4.31. The Morgan fingerprint density at radius 2 is 2.00 bits per heavy atom. The Labute approximate surface area is 168 Å². The molecule has 1 saturated heterocycles. The van der Waals surface area contributed by atoms with Crippen molar-refractivity contribution in [3.63, 3.8) is 0 Å². The number of fused-ring (bicyclic) bond motifs is 1. The summed E-state index contributed by atoms with van der Waals surface area (Å²) < 4.78 is 24.9. The van der Waals surface area contributed by atoms with Crippen molar-refractivity contribution in [2.45, 2.75) is 19.9 Å². The van der Waals surface area contributed by atoms with Crippen LogP contribution in [0.1, 0.15) is 33.6 Å². The standard InChI is InChI=1S/C22H24FN3O3/c1-14-11-18(17-5-4-16(23)12-19(17)25-14)22(27)24-13-20(21-6-3-15(2)29-21)26-7-9-28-10-8-26/h3-6,11-12,20H,7-10,13H2,1-2H3,(H,24,27)/t20-/m1/s1.